The molecule has 2 aromatic heterocycles. The van der Waals surface area contributed by atoms with Gasteiger partial charge in [0.2, 0.25) is 0 Å². The van der Waals surface area contributed by atoms with Gasteiger partial charge in [0.25, 0.3) is 0 Å². The highest BCUT2D eigenvalue weighted by Gasteiger charge is 2.18. The molecular weight excluding hydrogens is 238 g/mol. The molecule has 0 aliphatic carbocycles. The number of furan rings is 1. The quantitative estimate of drug-likeness (QED) is 0.891. The first-order valence-corrected chi connectivity index (χ1v) is 6.06. The number of rotatable bonds is 5. The van der Waals surface area contributed by atoms with Crippen molar-refractivity contribution in [3.8, 4) is 0 Å². The average molecular weight is 254 g/mol. The first-order chi connectivity index (χ1) is 8.26. The van der Waals surface area contributed by atoms with Crippen molar-refractivity contribution in [2.45, 2.75) is 25.9 Å². The van der Waals surface area contributed by atoms with E-state index < -0.39 is 0 Å². The Morgan fingerprint density at radius 3 is 3.00 bits per heavy atom. The molecule has 1 N–H and O–H groups in total. The van der Waals surface area contributed by atoms with E-state index in [0.717, 1.165) is 24.1 Å². The summed E-state index contributed by atoms with van der Waals surface area (Å²) in [4.78, 5) is 0. The van der Waals surface area contributed by atoms with Crippen LogP contribution >= 0.6 is 11.6 Å². The third-order valence-corrected chi connectivity index (χ3v) is 2.99. The van der Waals surface area contributed by atoms with Crippen LogP contribution in [0.25, 0.3) is 0 Å². The maximum Gasteiger partial charge on any atom is 0.198 e. The van der Waals surface area contributed by atoms with Crippen LogP contribution in [-0.2, 0) is 6.54 Å². The van der Waals surface area contributed by atoms with E-state index >= 15 is 0 Å². The van der Waals surface area contributed by atoms with E-state index in [2.05, 4.69) is 17.3 Å². The number of nitrogens with one attached hydrogen (secondary N) is 1. The fourth-order valence-electron chi connectivity index (χ4n) is 1.89. The summed E-state index contributed by atoms with van der Waals surface area (Å²) in [6.07, 6.45) is 6.56. The van der Waals surface area contributed by atoms with Gasteiger partial charge in [-0.1, -0.05) is 6.92 Å². The Balaban J connectivity index is 2.26. The van der Waals surface area contributed by atoms with E-state index in [9.17, 15) is 0 Å². The lowest BCUT2D eigenvalue weighted by molar-refractivity contribution is 0.559. The van der Waals surface area contributed by atoms with Crippen LogP contribution in [-0.4, -0.2) is 16.8 Å². The molecule has 2 rings (SSSR count). The van der Waals surface area contributed by atoms with Crippen LogP contribution in [0.4, 0.5) is 0 Å². The molecule has 1 atom stereocenters. The molecule has 2 aromatic rings. The Morgan fingerprint density at radius 1 is 1.59 bits per heavy atom. The molecule has 2 heterocycles. The fourth-order valence-corrected chi connectivity index (χ4v) is 2.12. The molecule has 0 saturated carbocycles. The van der Waals surface area contributed by atoms with Crippen LogP contribution < -0.4 is 5.32 Å². The average Bonchev–Trinajstić information content (AvgIpc) is 2.92. The predicted octanol–water partition coefficient (Wildman–Crippen LogP) is 2.85. The summed E-state index contributed by atoms with van der Waals surface area (Å²) in [5.74, 6) is 0. The Kier molecular flexibility index (Phi) is 3.86. The molecule has 0 radical (unpaired) electrons. The summed E-state index contributed by atoms with van der Waals surface area (Å²) in [6.45, 7) is 3.05. The number of hydrogen-bond donors (Lipinski definition) is 1. The lowest BCUT2D eigenvalue weighted by Gasteiger charge is -2.12. The standard InChI is InChI=1S/C12H16ClN3O/c1-3-5-16-8-9(7-15-16)11(14-2)10-4-6-17-12(10)13/h4,6-8,11,14H,3,5H2,1-2H3. The number of aromatic nitrogens is 2. The van der Waals surface area contributed by atoms with Crippen molar-refractivity contribution in [2.75, 3.05) is 7.05 Å². The van der Waals surface area contributed by atoms with Gasteiger partial charge in [0.05, 0.1) is 18.5 Å². The van der Waals surface area contributed by atoms with Gasteiger partial charge in [-0.3, -0.25) is 4.68 Å². The molecule has 92 valence electrons. The van der Waals surface area contributed by atoms with Crippen molar-refractivity contribution >= 4 is 11.6 Å². The van der Waals surface area contributed by atoms with E-state index in [0.29, 0.717) is 5.22 Å². The lowest BCUT2D eigenvalue weighted by atomic mass is 10.1. The maximum absolute atomic E-state index is 6.00. The first kappa shape index (κ1) is 12.2. The van der Waals surface area contributed by atoms with Crippen LogP contribution in [0.2, 0.25) is 5.22 Å². The number of halogens is 1. The summed E-state index contributed by atoms with van der Waals surface area (Å²) < 4.78 is 7.06. The molecule has 4 nitrogen and oxygen atoms in total. The van der Waals surface area contributed by atoms with E-state index in [4.69, 9.17) is 16.0 Å². The molecule has 17 heavy (non-hydrogen) atoms. The Hall–Kier alpha value is -1.26. The van der Waals surface area contributed by atoms with E-state index in [1.807, 2.05) is 30.2 Å². The van der Waals surface area contributed by atoms with Crippen molar-refractivity contribution < 1.29 is 4.42 Å². The van der Waals surface area contributed by atoms with Gasteiger partial charge in [-0.2, -0.15) is 5.10 Å². The second-order valence-corrected chi connectivity index (χ2v) is 4.25. The molecule has 0 aromatic carbocycles. The molecule has 0 aliphatic rings. The van der Waals surface area contributed by atoms with Crippen molar-refractivity contribution in [1.82, 2.24) is 15.1 Å². The van der Waals surface area contributed by atoms with Gasteiger partial charge in [0.1, 0.15) is 0 Å². The van der Waals surface area contributed by atoms with Gasteiger partial charge in [0.15, 0.2) is 5.22 Å². The van der Waals surface area contributed by atoms with Gasteiger partial charge in [-0.05, 0) is 31.1 Å². The SMILES string of the molecule is CCCn1cc(C(NC)c2ccoc2Cl)cn1. The summed E-state index contributed by atoms with van der Waals surface area (Å²) in [6, 6.07) is 1.90. The van der Waals surface area contributed by atoms with E-state index in [1.165, 1.54) is 0 Å². The van der Waals surface area contributed by atoms with Crippen LogP contribution in [0, 0.1) is 0 Å². The van der Waals surface area contributed by atoms with Gasteiger partial charge < -0.3 is 9.73 Å². The molecule has 5 heteroatoms. The van der Waals surface area contributed by atoms with E-state index in [-0.39, 0.29) is 6.04 Å². The van der Waals surface area contributed by atoms with Crippen LogP contribution in [0.5, 0.6) is 0 Å². The highest BCUT2D eigenvalue weighted by Crippen LogP contribution is 2.28. The zero-order chi connectivity index (χ0) is 12.3. The molecule has 0 amide bonds. The van der Waals surface area contributed by atoms with Crippen LogP contribution in [0.3, 0.4) is 0 Å². The number of hydrogen-bond acceptors (Lipinski definition) is 3. The van der Waals surface area contributed by atoms with E-state index in [1.54, 1.807) is 6.26 Å². The van der Waals surface area contributed by atoms with Gasteiger partial charge in [-0.25, -0.2) is 0 Å². The zero-order valence-corrected chi connectivity index (χ0v) is 10.7. The highest BCUT2D eigenvalue weighted by molar-refractivity contribution is 6.29. The van der Waals surface area contributed by atoms with Crippen molar-refractivity contribution in [2.24, 2.45) is 0 Å². The Labute approximate surface area is 106 Å². The van der Waals surface area contributed by atoms with Crippen LogP contribution in [0.15, 0.2) is 29.1 Å². The summed E-state index contributed by atoms with van der Waals surface area (Å²) in [5.41, 5.74) is 2.02. The molecule has 0 spiro atoms. The molecule has 1 unspecified atom stereocenters. The Morgan fingerprint density at radius 2 is 2.41 bits per heavy atom. The molecule has 0 saturated heterocycles. The van der Waals surface area contributed by atoms with Crippen molar-refractivity contribution in [1.29, 1.82) is 0 Å². The monoisotopic (exact) mass is 253 g/mol. The third kappa shape index (κ3) is 2.53. The second-order valence-electron chi connectivity index (χ2n) is 3.91. The second kappa shape index (κ2) is 5.38. The topological polar surface area (TPSA) is 43.0 Å². The molecular formula is C12H16ClN3O. The lowest BCUT2D eigenvalue weighted by Crippen LogP contribution is -2.16. The third-order valence-electron chi connectivity index (χ3n) is 2.69. The summed E-state index contributed by atoms with van der Waals surface area (Å²) in [5, 5.41) is 7.96. The number of nitrogens with zero attached hydrogens (tertiary/aromatic N) is 2. The Bertz CT molecular complexity index is 478. The summed E-state index contributed by atoms with van der Waals surface area (Å²) >= 11 is 6.00. The first-order valence-electron chi connectivity index (χ1n) is 5.68. The minimum atomic E-state index is 0.0202. The van der Waals surface area contributed by atoms with Crippen LogP contribution in [0.1, 0.15) is 30.5 Å². The predicted molar refractivity (Wildman–Crippen MR) is 67.1 cm³/mol. The zero-order valence-electron chi connectivity index (χ0n) is 9.98. The minimum Gasteiger partial charge on any atom is -0.453 e. The largest absolute Gasteiger partial charge is 0.453 e. The fraction of sp³-hybridized carbons (Fsp3) is 0.417. The van der Waals surface area contributed by atoms with Gasteiger partial charge in [-0.15, -0.1) is 0 Å². The normalized spacial score (nSPS) is 12.9. The van der Waals surface area contributed by atoms with Crippen molar-refractivity contribution in [3.05, 3.63) is 41.1 Å². The smallest absolute Gasteiger partial charge is 0.198 e. The molecule has 0 bridgehead atoms. The van der Waals surface area contributed by atoms with Crippen molar-refractivity contribution in [3.63, 3.8) is 0 Å². The molecule has 0 fully saturated rings. The highest BCUT2D eigenvalue weighted by atomic mass is 35.5. The minimum absolute atomic E-state index is 0.0202. The van der Waals surface area contributed by atoms with Gasteiger partial charge >= 0.3 is 0 Å². The number of aryl methyl sites for hydroxylation is 1. The summed E-state index contributed by atoms with van der Waals surface area (Å²) in [7, 11) is 1.89. The maximum atomic E-state index is 6.00. The van der Waals surface area contributed by atoms with Gasteiger partial charge in [0, 0.05) is 23.9 Å². The molecule has 0 aliphatic heterocycles.